The summed E-state index contributed by atoms with van der Waals surface area (Å²) >= 11 is 0. The second-order valence-electron chi connectivity index (χ2n) is 23.4. The fourth-order valence-electron chi connectivity index (χ4n) is 13.0. The van der Waals surface area contributed by atoms with Gasteiger partial charge >= 0.3 is 0 Å². The van der Waals surface area contributed by atoms with Crippen molar-refractivity contribution in [2.75, 3.05) is 59.3 Å². The van der Waals surface area contributed by atoms with Crippen LogP contribution < -0.4 is 0 Å². The van der Waals surface area contributed by atoms with Crippen molar-refractivity contribution < 1.29 is 18.9 Å². The van der Waals surface area contributed by atoms with Crippen molar-refractivity contribution in [3.8, 4) is 0 Å². The van der Waals surface area contributed by atoms with Gasteiger partial charge in [0.05, 0.1) is 44.7 Å². The molecule has 4 fully saturated rings. The second kappa shape index (κ2) is 28.4. The van der Waals surface area contributed by atoms with Gasteiger partial charge in [0.25, 0.3) is 0 Å². The standard InChI is InChI=1S/C58H103NO4/c1-8-9-10-11-12-13-14-15-16-17-18-19-20-21-22-25-40-61-47-50(46-59-38-36-56(4,5)37-39-59)62-43-41-60-42-44-63-58(7)35-32-51-49(45-58)27-28-53-52(51)29-30-55-54(53)31-34-57(55,6)33-24-23-26-48(2)3/h12-13,15-16,27,48,50-55H,8-11,14,17-26,28-47H2,1-7H3/t50?,51?,52?,53?,54?,55?,57-,58-/m0/s1. The first-order valence-electron chi connectivity index (χ1n) is 27.6. The molecule has 3 saturated carbocycles. The van der Waals surface area contributed by atoms with Gasteiger partial charge in [0.1, 0.15) is 0 Å². The third-order valence-electron chi connectivity index (χ3n) is 17.1. The fraction of sp³-hybridized carbons (Fsp3) is 0.897. The molecular weight excluding hydrogens is 775 g/mol. The molecule has 5 heteroatoms. The zero-order chi connectivity index (χ0) is 44.8. The van der Waals surface area contributed by atoms with Crippen LogP contribution in [-0.4, -0.2) is 75.9 Å². The monoisotopic (exact) mass is 878 g/mol. The van der Waals surface area contributed by atoms with Gasteiger partial charge in [-0.3, -0.25) is 0 Å². The van der Waals surface area contributed by atoms with Crippen molar-refractivity contribution >= 4 is 0 Å². The maximum absolute atomic E-state index is 6.67. The quantitative estimate of drug-likeness (QED) is 0.0497. The molecule has 0 spiro atoms. The van der Waals surface area contributed by atoms with E-state index in [0.717, 1.165) is 81.0 Å². The van der Waals surface area contributed by atoms with E-state index in [2.05, 4.69) is 83.7 Å². The largest absolute Gasteiger partial charge is 0.379 e. The van der Waals surface area contributed by atoms with Crippen LogP contribution in [0.15, 0.2) is 36.0 Å². The number of hydrogen-bond acceptors (Lipinski definition) is 5. The van der Waals surface area contributed by atoms with Gasteiger partial charge in [-0.2, -0.15) is 0 Å². The summed E-state index contributed by atoms with van der Waals surface area (Å²) in [5, 5.41) is 0. The summed E-state index contributed by atoms with van der Waals surface area (Å²) in [5.41, 5.74) is 2.75. The molecule has 5 nitrogen and oxygen atoms in total. The molecule has 8 atom stereocenters. The summed E-state index contributed by atoms with van der Waals surface area (Å²) < 4.78 is 25.5. The Morgan fingerprint density at radius 3 is 2.17 bits per heavy atom. The molecule has 0 radical (unpaired) electrons. The van der Waals surface area contributed by atoms with Gasteiger partial charge in [-0.05, 0) is 176 Å². The predicted octanol–water partition coefficient (Wildman–Crippen LogP) is 15.5. The molecule has 0 aromatic heterocycles. The lowest BCUT2D eigenvalue weighted by atomic mass is 9.54. The summed E-state index contributed by atoms with van der Waals surface area (Å²) in [6, 6.07) is 0. The molecule has 0 bridgehead atoms. The topological polar surface area (TPSA) is 40.2 Å². The third-order valence-corrected chi connectivity index (χ3v) is 17.1. The minimum absolute atomic E-state index is 0.0538. The van der Waals surface area contributed by atoms with E-state index in [-0.39, 0.29) is 11.7 Å². The zero-order valence-electron chi connectivity index (χ0n) is 42.8. The van der Waals surface area contributed by atoms with Crippen LogP contribution in [0.5, 0.6) is 0 Å². The molecule has 6 unspecified atom stereocenters. The highest BCUT2D eigenvalue weighted by Gasteiger charge is 2.54. The number of piperidine rings is 1. The van der Waals surface area contributed by atoms with Crippen molar-refractivity contribution in [1.29, 1.82) is 0 Å². The summed E-state index contributed by atoms with van der Waals surface area (Å²) in [6.07, 6.45) is 46.7. The summed E-state index contributed by atoms with van der Waals surface area (Å²) in [6.45, 7) is 24.2. The number of nitrogens with zero attached hydrogens (tertiary/aromatic N) is 1. The van der Waals surface area contributed by atoms with E-state index < -0.39 is 0 Å². The molecule has 63 heavy (non-hydrogen) atoms. The second-order valence-corrected chi connectivity index (χ2v) is 23.4. The van der Waals surface area contributed by atoms with Crippen molar-refractivity contribution in [1.82, 2.24) is 4.90 Å². The number of hydrogen-bond donors (Lipinski definition) is 0. The Balaban J connectivity index is 0.922. The van der Waals surface area contributed by atoms with E-state index >= 15 is 0 Å². The maximum Gasteiger partial charge on any atom is 0.0936 e. The SMILES string of the molecule is CCCCCC=CCC=CCCCCCCCCOCC(CN1CCC(C)(C)CC1)OCCOCCO[C@@]1(C)CCC2C(=CCC3C2CCC2C3CC[C@]2(C)CCCCC(C)C)C1. The summed E-state index contributed by atoms with van der Waals surface area (Å²) in [7, 11) is 0. The number of unbranched alkanes of at least 4 members (excludes halogenated alkanes) is 10. The molecule has 1 saturated heterocycles. The van der Waals surface area contributed by atoms with Gasteiger partial charge in [0, 0.05) is 13.2 Å². The minimum Gasteiger partial charge on any atom is -0.379 e. The van der Waals surface area contributed by atoms with Gasteiger partial charge in [0.15, 0.2) is 0 Å². The zero-order valence-corrected chi connectivity index (χ0v) is 42.8. The smallest absolute Gasteiger partial charge is 0.0936 e. The van der Waals surface area contributed by atoms with Gasteiger partial charge in [-0.25, -0.2) is 0 Å². The highest BCUT2D eigenvalue weighted by Crippen LogP contribution is 2.62. The van der Waals surface area contributed by atoms with Crippen LogP contribution >= 0.6 is 0 Å². The minimum atomic E-state index is -0.0538. The molecule has 4 aliphatic carbocycles. The highest BCUT2D eigenvalue weighted by molar-refractivity contribution is 5.21. The first-order chi connectivity index (χ1) is 30.5. The maximum atomic E-state index is 6.67. The molecule has 0 N–H and O–H groups in total. The molecule has 5 rings (SSSR count). The lowest BCUT2D eigenvalue weighted by molar-refractivity contribution is -0.0896. The van der Waals surface area contributed by atoms with Crippen LogP contribution in [0.1, 0.15) is 215 Å². The van der Waals surface area contributed by atoms with Crippen LogP contribution in [0.4, 0.5) is 0 Å². The van der Waals surface area contributed by atoms with Crippen LogP contribution in [0.2, 0.25) is 0 Å². The molecule has 364 valence electrons. The van der Waals surface area contributed by atoms with E-state index in [0.29, 0.717) is 43.9 Å². The number of rotatable bonds is 32. The fourth-order valence-corrected chi connectivity index (χ4v) is 13.0. The Labute approximate surface area is 391 Å². The van der Waals surface area contributed by atoms with Gasteiger partial charge < -0.3 is 23.8 Å². The Kier molecular flexibility index (Phi) is 23.9. The molecule has 5 aliphatic rings. The lowest BCUT2D eigenvalue weighted by Gasteiger charge is -2.52. The Morgan fingerprint density at radius 2 is 1.41 bits per heavy atom. The molecule has 1 aliphatic heterocycles. The highest BCUT2D eigenvalue weighted by atomic mass is 16.6. The number of likely N-dealkylation sites (tertiary alicyclic amines) is 1. The van der Waals surface area contributed by atoms with E-state index in [4.69, 9.17) is 18.9 Å². The van der Waals surface area contributed by atoms with Gasteiger partial charge in [-0.15, -0.1) is 0 Å². The van der Waals surface area contributed by atoms with E-state index in [9.17, 15) is 0 Å². The molecular formula is C58H103NO4. The Morgan fingerprint density at radius 1 is 0.683 bits per heavy atom. The van der Waals surface area contributed by atoms with Gasteiger partial charge in [-0.1, -0.05) is 135 Å². The van der Waals surface area contributed by atoms with E-state index in [1.807, 2.05) is 0 Å². The van der Waals surface area contributed by atoms with Gasteiger partial charge in [0.2, 0.25) is 0 Å². The van der Waals surface area contributed by atoms with E-state index in [1.165, 1.54) is 148 Å². The lowest BCUT2D eigenvalue weighted by Crippen LogP contribution is -2.45. The normalized spacial score (nSPS) is 30.2. The Bertz CT molecular complexity index is 1310. The third kappa shape index (κ3) is 18.6. The predicted molar refractivity (Wildman–Crippen MR) is 268 cm³/mol. The number of ether oxygens (including phenoxy) is 4. The molecule has 1 heterocycles. The molecule has 0 aromatic carbocycles. The van der Waals surface area contributed by atoms with E-state index in [1.54, 1.807) is 5.57 Å². The van der Waals surface area contributed by atoms with Crippen molar-refractivity contribution in [2.45, 2.75) is 227 Å². The summed E-state index contributed by atoms with van der Waals surface area (Å²) in [5.74, 6) is 5.48. The van der Waals surface area contributed by atoms with Crippen LogP contribution in [0.25, 0.3) is 0 Å². The average molecular weight is 878 g/mol. The Hall–Kier alpha value is -0.980. The molecule has 0 aromatic rings. The number of allylic oxidation sites excluding steroid dienone is 5. The van der Waals surface area contributed by atoms with Crippen molar-refractivity contribution in [2.24, 2.45) is 46.3 Å². The number of fused-ring (bicyclic) bond motifs is 5. The first kappa shape index (κ1) is 53.0. The average Bonchev–Trinajstić information content (AvgIpc) is 3.60. The molecule has 0 amide bonds. The van der Waals surface area contributed by atoms with Crippen LogP contribution in [-0.2, 0) is 18.9 Å². The van der Waals surface area contributed by atoms with Crippen molar-refractivity contribution in [3.63, 3.8) is 0 Å². The van der Waals surface area contributed by atoms with Crippen LogP contribution in [0.3, 0.4) is 0 Å². The van der Waals surface area contributed by atoms with Crippen molar-refractivity contribution in [3.05, 3.63) is 36.0 Å². The first-order valence-corrected chi connectivity index (χ1v) is 27.6. The summed E-state index contributed by atoms with van der Waals surface area (Å²) in [4.78, 5) is 2.60. The van der Waals surface area contributed by atoms with Crippen LogP contribution in [0, 0.1) is 46.3 Å².